The maximum absolute atomic E-state index is 6.37. The summed E-state index contributed by atoms with van der Waals surface area (Å²) < 4.78 is 6.37. The van der Waals surface area contributed by atoms with Crippen molar-refractivity contribution in [2.75, 3.05) is 0 Å². The SMILES string of the molecule is C=CCCC1CCC(C2CCC(C3CCC(CCC)O3)CC2)CC1. The van der Waals surface area contributed by atoms with E-state index in [1.54, 1.807) is 0 Å². The van der Waals surface area contributed by atoms with Crippen LogP contribution in [0, 0.1) is 23.7 Å². The highest BCUT2D eigenvalue weighted by atomic mass is 16.5. The molecule has 1 aliphatic heterocycles. The molecule has 24 heavy (non-hydrogen) atoms. The summed E-state index contributed by atoms with van der Waals surface area (Å²) in [6.07, 6.45) is 23.0. The van der Waals surface area contributed by atoms with Crippen LogP contribution in [0.5, 0.6) is 0 Å². The summed E-state index contributed by atoms with van der Waals surface area (Å²) in [4.78, 5) is 0. The van der Waals surface area contributed by atoms with E-state index in [4.69, 9.17) is 4.74 Å². The summed E-state index contributed by atoms with van der Waals surface area (Å²) in [5, 5.41) is 0. The smallest absolute Gasteiger partial charge is 0.0608 e. The van der Waals surface area contributed by atoms with Crippen molar-refractivity contribution in [3.63, 3.8) is 0 Å². The molecule has 1 saturated heterocycles. The Hall–Kier alpha value is -0.300. The van der Waals surface area contributed by atoms with E-state index in [0.29, 0.717) is 12.2 Å². The van der Waals surface area contributed by atoms with Crippen molar-refractivity contribution in [2.24, 2.45) is 23.7 Å². The molecule has 3 rings (SSSR count). The standard InChI is InChI=1S/C23H40O/c1-3-5-7-18-8-10-19(11-9-18)20-12-14-21(15-13-20)23-17-16-22(24-23)6-4-2/h3,18-23H,1,4-17H2,2H3. The molecule has 1 heterocycles. The number of rotatable bonds is 7. The van der Waals surface area contributed by atoms with E-state index in [-0.39, 0.29) is 0 Å². The molecule has 0 N–H and O–H groups in total. The van der Waals surface area contributed by atoms with Crippen molar-refractivity contribution < 1.29 is 4.74 Å². The van der Waals surface area contributed by atoms with Crippen LogP contribution in [-0.4, -0.2) is 12.2 Å². The Balaban J connectivity index is 1.36. The Bertz CT molecular complexity index is 360. The number of allylic oxidation sites excluding steroid dienone is 1. The fourth-order valence-electron chi connectivity index (χ4n) is 5.90. The van der Waals surface area contributed by atoms with Gasteiger partial charge in [-0.3, -0.25) is 0 Å². The average molecular weight is 333 g/mol. The van der Waals surface area contributed by atoms with Gasteiger partial charge in [-0.25, -0.2) is 0 Å². The highest BCUT2D eigenvalue weighted by molar-refractivity contribution is 4.87. The lowest BCUT2D eigenvalue weighted by atomic mass is 9.68. The minimum Gasteiger partial charge on any atom is -0.375 e. The number of ether oxygens (including phenoxy) is 1. The molecule has 2 atom stereocenters. The average Bonchev–Trinajstić information content (AvgIpc) is 3.10. The zero-order chi connectivity index (χ0) is 16.8. The third-order valence-electron chi connectivity index (χ3n) is 7.43. The lowest BCUT2D eigenvalue weighted by Gasteiger charge is -2.39. The molecule has 0 aromatic rings. The first-order valence-corrected chi connectivity index (χ1v) is 11.1. The van der Waals surface area contributed by atoms with Gasteiger partial charge < -0.3 is 4.74 Å². The Labute approximate surface area is 150 Å². The molecule has 0 radical (unpaired) electrons. The van der Waals surface area contributed by atoms with Crippen LogP contribution < -0.4 is 0 Å². The van der Waals surface area contributed by atoms with Crippen LogP contribution in [0.25, 0.3) is 0 Å². The number of hydrogen-bond donors (Lipinski definition) is 0. The maximum atomic E-state index is 6.37. The largest absolute Gasteiger partial charge is 0.375 e. The fourth-order valence-corrected chi connectivity index (χ4v) is 5.90. The van der Waals surface area contributed by atoms with Crippen LogP contribution in [0.4, 0.5) is 0 Å². The Morgan fingerprint density at radius 2 is 1.42 bits per heavy atom. The third kappa shape index (κ3) is 4.87. The van der Waals surface area contributed by atoms with E-state index < -0.39 is 0 Å². The van der Waals surface area contributed by atoms with Gasteiger partial charge in [-0.1, -0.05) is 32.3 Å². The lowest BCUT2D eigenvalue weighted by Crippen LogP contribution is -2.30. The molecular formula is C23H40O. The highest BCUT2D eigenvalue weighted by Crippen LogP contribution is 2.44. The van der Waals surface area contributed by atoms with Crippen LogP contribution in [0.1, 0.15) is 96.8 Å². The molecule has 2 aliphatic carbocycles. The van der Waals surface area contributed by atoms with Gasteiger partial charge in [-0.15, -0.1) is 6.58 Å². The minimum atomic E-state index is 0.587. The molecular weight excluding hydrogens is 292 g/mol. The van der Waals surface area contributed by atoms with Gasteiger partial charge in [0.05, 0.1) is 12.2 Å². The third-order valence-corrected chi connectivity index (χ3v) is 7.43. The van der Waals surface area contributed by atoms with Crippen molar-refractivity contribution >= 4 is 0 Å². The fraction of sp³-hybridized carbons (Fsp3) is 0.913. The first-order chi connectivity index (χ1) is 11.8. The quantitative estimate of drug-likeness (QED) is 0.460. The van der Waals surface area contributed by atoms with Crippen molar-refractivity contribution in [1.82, 2.24) is 0 Å². The molecule has 3 aliphatic rings. The van der Waals surface area contributed by atoms with Gasteiger partial charge in [0, 0.05) is 0 Å². The van der Waals surface area contributed by atoms with Crippen LogP contribution in [0.15, 0.2) is 12.7 Å². The van der Waals surface area contributed by atoms with Crippen LogP contribution in [0.2, 0.25) is 0 Å². The molecule has 3 fully saturated rings. The summed E-state index contributed by atoms with van der Waals surface area (Å²) >= 11 is 0. The van der Waals surface area contributed by atoms with Gasteiger partial charge in [-0.2, -0.15) is 0 Å². The normalized spacial score (nSPS) is 40.5. The van der Waals surface area contributed by atoms with Crippen molar-refractivity contribution in [3.8, 4) is 0 Å². The molecule has 2 unspecified atom stereocenters. The van der Waals surface area contributed by atoms with Crippen LogP contribution in [0.3, 0.4) is 0 Å². The Morgan fingerprint density at radius 1 is 0.792 bits per heavy atom. The van der Waals surface area contributed by atoms with Crippen molar-refractivity contribution in [1.29, 1.82) is 0 Å². The zero-order valence-electron chi connectivity index (χ0n) is 16.1. The molecule has 0 bridgehead atoms. The first-order valence-electron chi connectivity index (χ1n) is 11.1. The molecule has 1 heteroatoms. The summed E-state index contributed by atoms with van der Waals surface area (Å²) in [6, 6.07) is 0. The molecule has 1 nitrogen and oxygen atoms in total. The van der Waals surface area contributed by atoms with E-state index in [9.17, 15) is 0 Å². The number of hydrogen-bond acceptors (Lipinski definition) is 1. The molecule has 0 amide bonds. The molecule has 0 spiro atoms. The van der Waals surface area contributed by atoms with E-state index in [2.05, 4.69) is 19.6 Å². The van der Waals surface area contributed by atoms with Gasteiger partial charge in [0.25, 0.3) is 0 Å². The molecule has 0 aromatic heterocycles. The van der Waals surface area contributed by atoms with E-state index >= 15 is 0 Å². The van der Waals surface area contributed by atoms with E-state index in [1.807, 2.05) is 0 Å². The highest BCUT2D eigenvalue weighted by Gasteiger charge is 2.36. The van der Waals surface area contributed by atoms with Gasteiger partial charge in [0.1, 0.15) is 0 Å². The second-order valence-corrected chi connectivity index (χ2v) is 8.98. The second-order valence-electron chi connectivity index (χ2n) is 8.98. The van der Waals surface area contributed by atoms with Gasteiger partial charge in [0.15, 0.2) is 0 Å². The van der Waals surface area contributed by atoms with Gasteiger partial charge in [-0.05, 0) is 94.3 Å². The summed E-state index contributed by atoms with van der Waals surface area (Å²) in [7, 11) is 0. The minimum absolute atomic E-state index is 0.587. The van der Waals surface area contributed by atoms with Crippen LogP contribution >= 0.6 is 0 Å². The monoisotopic (exact) mass is 332 g/mol. The van der Waals surface area contributed by atoms with Gasteiger partial charge >= 0.3 is 0 Å². The summed E-state index contributed by atoms with van der Waals surface area (Å²) in [6.45, 7) is 6.16. The predicted octanol–water partition coefficient (Wildman–Crippen LogP) is 6.91. The summed E-state index contributed by atoms with van der Waals surface area (Å²) in [5.41, 5.74) is 0. The van der Waals surface area contributed by atoms with Gasteiger partial charge in [0.2, 0.25) is 0 Å². The molecule has 138 valence electrons. The maximum Gasteiger partial charge on any atom is 0.0608 e. The lowest BCUT2D eigenvalue weighted by molar-refractivity contribution is -0.0114. The molecule has 0 aromatic carbocycles. The second kappa shape index (κ2) is 9.41. The Kier molecular flexibility index (Phi) is 7.25. The Morgan fingerprint density at radius 3 is 2.04 bits per heavy atom. The first kappa shape index (κ1) is 18.5. The van der Waals surface area contributed by atoms with E-state index in [1.165, 1.54) is 89.9 Å². The topological polar surface area (TPSA) is 9.23 Å². The summed E-state index contributed by atoms with van der Waals surface area (Å²) in [5.74, 6) is 3.96. The van der Waals surface area contributed by atoms with E-state index in [0.717, 1.165) is 23.7 Å². The van der Waals surface area contributed by atoms with Crippen LogP contribution in [-0.2, 0) is 4.74 Å². The predicted molar refractivity (Wildman–Crippen MR) is 103 cm³/mol. The van der Waals surface area contributed by atoms with Crippen molar-refractivity contribution in [2.45, 2.75) is 109 Å². The van der Waals surface area contributed by atoms with Crippen molar-refractivity contribution in [3.05, 3.63) is 12.7 Å². The zero-order valence-corrected chi connectivity index (χ0v) is 16.1. The molecule has 2 saturated carbocycles.